The molecule has 0 amide bonds. The van der Waals surface area contributed by atoms with E-state index in [-0.39, 0.29) is 12.5 Å². The van der Waals surface area contributed by atoms with Gasteiger partial charge in [-0.25, -0.2) is 0 Å². The highest BCUT2D eigenvalue weighted by Crippen LogP contribution is 2.21. The van der Waals surface area contributed by atoms with Crippen LogP contribution in [-0.2, 0) is 16.1 Å². The molecule has 0 fully saturated rings. The van der Waals surface area contributed by atoms with Gasteiger partial charge in [-0.05, 0) is 24.6 Å². The minimum absolute atomic E-state index is 0.205. The summed E-state index contributed by atoms with van der Waals surface area (Å²) in [4.78, 5) is 11.6. The molecule has 0 aliphatic carbocycles. The van der Waals surface area contributed by atoms with Gasteiger partial charge in [0.1, 0.15) is 6.54 Å². The normalized spacial score (nSPS) is 10.7. The second kappa shape index (κ2) is 5.58. The fraction of sp³-hybridized carbons (Fsp3) is 0.357. The maximum absolute atomic E-state index is 11.6. The van der Waals surface area contributed by atoms with Crippen molar-refractivity contribution in [1.82, 2.24) is 4.57 Å². The summed E-state index contributed by atoms with van der Waals surface area (Å²) < 4.78 is 7.00. The van der Waals surface area contributed by atoms with E-state index in [9.17, 15) is 4.79 Å². The summed E-state index contributed by atoms with van der Waals surface area (Å²) in [5, 5.41) is 0.971. The van der Waals surface area contributed by atoms with Crippen LogP contribution >= 0.6 is 0 Å². The van der Waals surface area contributed by atoms with Crippen molar-refractivity contribution in [2.45, 2.75) is 26.3 Å². The zero-order chi connectivity index (χ0) is 13.0. The monoisotopic (exact) mass is 246 g/mol. The van der Waals surface area contributed by atoms with E-state index in [1.807, 2.05) is 35.0 Å². The average molecular weight is 246 g/mol. The van der Waals surface area contributed by atoms with Crippen LogP contribution in [0.3, 0.4) is 0 Å². The number of nitrogen functional groups attached to an aromatic ring is 1. The number of nitrogens with zero attached hydrogens (tertiary/aromatic N) is 1. The molecule has 18 heavy (non-hydrogen) atoms. The van der Waals surface area contributed by atoms with Crippen molar-refractivity contribution >= 4 is 22.6 Å². The van der Waals surface area contributed by atoms with E-state index in [0.29, 0.717) is 6.61 Å². The van der Waals surface area contributed by atoms with Crippen LogP contribution in [0.2, 0.25) is 0 Å². The molecule has 0 radical (unpaired) electrons. The molecule has 0 saturated carbocycles. The SMILES string of the molecule is CCCCOC(=O)Cn1ccc2c(N)cccc21. The highest BCUT2D eigenvalue weighted by molar-refractivity contribution is 5.91. The van der Waals surface area contributed by atoms with Gasteiger partial charge in [-0.1, -0.05) is 19.4 Å². The van der Waals surface area contributed by atoms with Gasteiger partial charge in [0, 0.05) is 17.3 Å². The summed E-state index contributed by atoms with van der Waals surface area (Å²) in [6, 6.07) is 7.61. The molecule has 0 spiro atoms. The van der Waals surface area contributed by atoms with Crippen molar-refractivity contribution in [3.05, 3.63) is 30.5 Å². The smallest absolute Gasteiger partial charge is 0.325 e. The summed E-state index contributed by atoms with van der Waals surface area (Å²) in [6.07, 6.45) is 3.80. The van der Waals surface area contributed by atoms with Crippen molar-refractivity contribution in [1.29, 1.82) is 0 Å². The van der Waals surface area contributed by atoms with Crippen molar-refractivity contribution < 1.29 is 9.53 Å². The van der Waals surface area contributed by atoms with Crippen molar-refractivity contribution in [3.8, 4) is 0 Å². The third-order valence-corrected chi connectivity index (χ3v) is 2.91. The van der Waals surface area contributed by atoms with E-state index in [0.717, 1.165) is 29.4 Å². The van der Waals surface area contributed by atoms with Crippen LogP contribution in [0.4, 0.5) is 5.69 Å². The molecule has 0 aliphatic rings. The second-order valence-corrected chi connectivity index (χ2v) is 4.30. The molecule has 4 nitrogen and oxygen atoms in total. The molecule has 0 saturated heterocycles. The summed E-state index contributed by atoms with van der Waals surface area (Å²) >= 11 is 0. The van der Waals surface area contributed by atoms with Gasteiger partial charge in [0.2, 0.25) is 0 Å². The van der Waals surface area contributed by atoms with Gasteiger partial charge in [0.05, 0.1) is 12.1 Å². The fourth-order valence-corrected chi connectivity index (χ4v) is 1.90. The third kappa shape index (κ3) is 2.64. The molecule has 2 aromatic rings. The van der Waals surface area contributed by atoms with Gasteiger partial charge in [-0.3, -0.25) is 4.79 Å². The van der Waals surface area contributed by atoms with Crippen LogP contribution in [-0.4, -0.2) is 17.1 Å². The minimum Gasteiger partial charge on any atom is -0.464 e. The number of carbonyl (C=O) groups excluding carboxylic acids is 1. The molecule has 1 aromatic heterocycles. The Balaban J connectivity index is 2.08. The molecule has 1 aromatic carbocycles. The number of nitrogens with two attached hydrogens (primary N) is 1. The van der Waals surface area contributed by atoms with Gasteiger partial charge >= 0.3 is 5.97 Å². The first kappa shape index (κ1) is 12.5. The molecule has 2 N–H and O–H groups in total. The van der Waals surface area contributed by atoms with Crippen LogP contribution in [0.5, 0.6) is 0 Å². The predicted molar refractivity (Wildman–Crippen MR) is 72.2 cm³/mol. The Hall–Kier alpha value is -1.97. The lowest BCUT2D eigenvalue weighted by atomic mass is 10.2. The number of aromatic nitrogens is 1. The number of hydrogen-bond acceptors (Lipinski definition) is 3. The standard InChI is InChI=1S/C14H18N2O2/c1-2-3-9-18-14(17)10-16-8-7-11-12(15)5-4-6-13(11)16/h4-8H,2-3,9-10,15H2,1H3. The molecule has 96 valence electrons. The van der Waals surface area contributed by atoms with E-state index in [1.54, 1.807) is 0 Å². The van der Waals surface area contributed by atoms with Crippen LogP contribution in [0.15, 0.2) is 30.5 Å². The molecule has 1 heterocycles. The summed E-state index contributed by atoms with van der Waals surface area (Å²) in [5.74, 6) is -0.205. The fourth-order valence-electron chi connectivity index (χ4n) is 1.90. The first-order valence-corrected chi connectivity index (χ1v) is 6.21. The number of unbranched alkanes of at least 4 members (excludes halogenated alkanes) is 1. The van der Waals surface area contributed by atoms with Crippen LogP contribution < -0.4 is 5.73 Å². The number of anilines is 1. The van der Waals surface area contributed by atoms with Gasteiger partial charge in [-0.15, -0.1) is 0 Å². The summed E-state index contributed by atoms with van der Waals surface area (Å²) in [7, 11) is 0. The minimum atomic E-state index is -0.205. The number of benzene rings is 1. The first-order chi connectivity index (χ1) is 8.72. The van der Waals surface area contributed by atoms with Gasteiger partial charge in [0.25, 0.3) is 0 Å². The highest BCUT2D eigenvalue weighted by Gasteiger charge is 2.08. The van der Waals surface area contributed by atoms with Crippen molar-refractivity contribution in [2.75, 3.05) is 12.3 Å². The maximum atomic E-state index is 11.6. The summed E-state index contributed by atoms with van der Waals surface area (Å²) in [6.45, 7) is 2.80. The molecule has 4 heteroatoms. The van der Waals surface area contributed by atoms with Crippen molar-refractivity contribution in [3.63, 3.8) is 0 Å². The number of hydrogen-bond donors (Lipinski definition) is 1. The zero-order valence-electron chi connectivity index (χ0n) is 10.6. The molecule has 0 unspecified atom stereocenters. The molecular formula is C14H18N2O2. The number of fused-ring (bicyclic) bond motifs is 1. The zero-order valence-corrected chi connectivity index (χ0v) is 10.6. The van der Waals surface area contributed by atoms with E-state index >= 15 is 0 Å². The largest absolute Gasteiger partial charge is 0.464 e. The molecule has 2 rings (SSSR count). The van der Waals surface area contributed by atoms with E-state index in [1.165, 1.54) is 0 Å². The van der Waals surface area contributed by atoms with Crippen LogP contribution in [0.1, 0.15) is 19.8 Å². The van der Waals surface area contributed by atoms with Crippen LogP contribution in [0.25, 0.3) is 10.9 Å². The first-order valence-electron chi connectivity index (χ1n) is 6.21. The maximum Gasteiger partial charge on any atom is 0.325 e. The Bertz CT molecular complexity index is 546. The van der Waals surface area contributed by atoms with Gasteiger partial charge in [-0.2, -0.15) is 0 Å². The summed E-state index contributed by atoms with van der Waals surface area (Å²) in [5.41, 5.74) is 7.56. The third-order valence-electron chi connectivity index (χ3n) is 2.91. The predicted octanol–water partition coefficient (Wildman–Crippen LogP) is 2.57. The lowest BCUT2D eigenvalue weighted by Crippen LogP contribution is -2.13. The van der Waals surface area contributed by atoms with Crippen LogP contribution in [0, 0.1) is 0 Å². The lowest BCUT2D eigenvalue weighted by Gasteiger charge is -2.06. The Kier molecular flexibility index (Phi) is 3.87. The Morgan fingerprint density at radius 1 is 1.39 bits per heavy atom. The van der Waals surface area contributed by atoms with Gasteiger partial charge in [0.15, 0.2) is 0 Å². The number of ether oxygens (including phenoxy) is 1. The Morgan fingerprint density at radius 2 is 2.22 bits per heavy atom. The quantitative estimate of drug-likeness (QED) is 0.501. The highest BCUT2D eigenvalue weighted by atomic mass is 16.5. The Morgan fingerprint density at radius 3 is 3.00 bits per heavy atom. The number of rotatable bonds is 5. The van der Waals surface area contributed by atoms with Crippen molar-refractivity contribution in [2.24, 2.45) is 0 Å². The average Bonchev–Trinajstić information content (AvgIpc) is 2.74. The molecule has 0 bridgehead atoms. The number of esters is 1. The second-order valence-electron chi connectivity index (χ2n) is 4.30. The topological polar surface area (TPSA) is 57.2 Å². The van der Waals surface area contributed by atoms with E-state index in [4.69, 9.17) is 10.5 Å². The lowest BCUT2D eigenvalue weighted by molar-refractivity contribution is -0.144. The molecular weight excluding hydrogens is 228 g/mol. The molecule has 0 atom stereocenters. The molecule has 0 aliphatic heterocycles. The Labute approximate surface area is 106 Å². The van der Waals surface area contributed by atoms with E-state index in [2.05, 4.69) is 6.92 Å². The number of carbonyl (C=O) groups is 1. The van der Waals surface area contributed by atoms with Gasteiger partial charge < -0.3 is 15.0 Å². The van der Waals surface area contributed by atoms with E-state index < -0.39 is 0 Å².